The van der Waals surface area contributed by atoms with Gasteiger partial charge >= 0.3 is 5.97 Å². The van der Waals surface area contributed by atoms with Gasteiger partial charge in [-0.3, -0.25) is 4.79 Å². The molecule has 0 aliphatic rings. The van der Waals surface area contributed by atoms with Crippen LogP contribution in [-0.4, -0.2) is 28.5 Å². The first-order chi connectivity index (χ1) is 15.0. The number of benzene rings is 2. The maximum atomic E-state index is 13.3. The van der Waals surface area contributed by atoms with E-state index in [-0.39, 0.29) is 16.5 Å². The molecule has 2 heterocycles. The molecule has 0 saturated carbocycles. The Morgan fingerprint density at radius 1 is 1.03 bits per heavy atom. The van der Waals surface area contributed by atoms with Gasteiger partial charge in [-0.1, -0.05) is 29.8 Å². The van der Waals surface area contributed by atoms with Crippen molar-refractivity contribution in [3.05, 3.63) is 89.5 Å². The second kappa shape index (κ2) is 8.89. The first-order valence-corrected chi connectivity index (χ1v) is 9.62. The Kier molecular flexibility index (Phi) is 5.86. The number of hydrogen-bond acceptors (Lipinski definition) is 5. The number of anilines is 1. The van der Waals surface area contributed by atoms with Crippen molar-refractivity contribution in [3.8, 4) is 11.3 Å². The molecule has 0 saturated heterocycles. The smallest absolute Gasteiger partial charge is 0.339 e. The van der Waals surface area contributed by atoms with Crippen molar-refractivity contribution in [2.45, 2.75) is 0 Å². The Morgan fingerprint density at radius 3 is 2.58 bits per heavy atom. The van der Waals surface area contributed by atoms with Gasteiger partial charge in [0, 0.05) is 17.1 Å². The summed E-state index contributed by atoms with van der Waals surface area (Å²) >= 11 is 5.91. The molecule has 154 valence electrons. The Hall–Kier alpha value is -3.84. The van der Waals surface area contributed by atoms with Crippen molar-refractivity contribution in [3.63, 3.8) is 0 Å². The number of carbonyl (C=O) groups is 2. The molecule has 8 heteroatoms. The van der Waals surface area contributed by atoms with Gasteiger partial charge in [0.2, 0.25) is 0 Å². The number of hydrogen-bond donors (Lipinski definition) is 1. The normalized spacial score (nSPS) is 10.6. The van der Waals surface area contributed by atoms with Gasteiger partial charge in [0.1, 0.15) is 5.82 Å². The van der Waals surface area contributed by atoms with Crippen LogP contribution in [0.4, 0.5) is 10.1 Å². The topological polar surface area (TPSA) is 81.2 Å². The Labute approximate surface area is 181 Å². The fourth-order valence-electron chi connectivity index (χ4n) is 2.99. The lowest BCUT2D eigenvalue weighted by Crippen LogP contribution is -2.21. The first kappa shape index (κ1) is 20.4. The zero-order valence-corrected chi connectivity index (χ0v) is 16.8. The number of ether oxygens (including phenoxy) is 1. The van der Waals surface area contributed by atoms with Gasteiger partial charge < -0.3 is 10.1 Å². The molecule has 1 amide bonds. The van der Waals surface area contributed by atoms with Crippen LogP contribution >= 0.6 is 11.6 Å². The minimum atomic E-state index is -0.686. The maximum absolute atomic E-state index is 13.3. The number of para-hydroxylation sites is 1. The highest BCUT2D eigenvalue weighted by Crippen LogP contribution is 2.26. The lowest BCUT2D eigenvalue weighted by molar-refractivity contribution is -0.119. The largest absolute Gasteiger partial charge is 0.452 e. The highest BCUT2D eigenvalue weighted by molar-refractivity contribution is 6.32. The van der Waals surface area contributed by atoms with Crippen molar-refractivity contribution in [2.24, 2.45) is 0 Å². The molecule has 0 radical (unpaired) electrons. The summed E-state index contributed by atoms with van der Waals surface area (Å²) in [7, 11) is 0. The number of rotatable bonds is 5. The average Bonchev–Trinajstić information content (AvgIpc) is 2.79. The molecule has 2 aromatic carbocycles. The van der Waals surface area contributed by atoms with Gasteiger partial charge in [-0.15, -0.1) is 0 Å². The molecule has 6 nitrogen and oxygen atoms in total. The second-order valence-electron chi connectivity index (χ2n) is 6.55. The van der Waals surface area contributed by atoms with Crippen LogP contribution in [0.2, 0.25) is 5.15 Å². The molecule has 4 aromatic rings. The van der Waals surface area contributed by atoms with Crippen molar-refractivity contribution in [1.82, 2.24) is 9.97 Å². The van der Waals surface area contributed by atoms with Crippen LogP contribution in [-0.2, 0) is 9.53 Å². The van der Waals surface area contributed by atoms with Crippen LogP contribution in [0.25, 0.3) is 22.2 Å². The molecule has 0 atom stereocenters. The number of pyridine rings is 2. The summed E-state index contributed by atoms with van der Waals surface area (Å²) in [5.41, 5.74) is 2.26. The van der Waals surface area contributed by atoms with E-state index in [9.17, 15) is 14.0 Å². The third-order valence-electron chi connectivity index (χ3n) is 4.44. The van der Waals surface area contributed by atoms with Crippen LogP contribution in [0.15, 0.2) is 72.9 Å². The number of aromatic nitrogens is 2. The van der Waals surface area contributed by atoms with Gasteiger partial charge in [0.25, 0.3) is 5.91 Å². The minimum Gasteiger partial charge on any atom is -0.452 e. The number of nitrogens with one attached hydrogen (secondary N) is 1. The van der Waals surface area contributed by atoms with E-state index in [2.05, 4.69) is 15.3 Å². The summed E-state index contributed by atoms with van der Waals surface area (Å²) in [6.07, 6.45) is 1.49. The lowest BCUT2D eigenvalue weighted by Gasteiger charge is -2.11. The Bertz CT molecular complexity index is 1280. The number of carbonyl (C=O) groups excluding carboxylic acids is 2. The van der Waals surface area contributed by atoms with Gasteiger partial charge in [-0.25, -0.2) is 19.2 Å². The number of esters is 1. The maximum Gasteiger partial charge on any atom is 0.339 e. The highest BCUT2D eigenvalue weighted by atomic mass is 35.5. The minimum absolute atomic E-state index is 0.131. The van der Waals surface area contributed by atoms with E-state index >= 15 is 0 Å². The standard InChI is InChI=1S/C23H15ClFN3O3/c24-22-19(6-3-11-26-22)28-21(29)13-31-23(30)17-12-20(14-7-9-15(25)10-8-14)27-18-5-2-1-4-16(17)18/h1-12H,13H2,(H,28,29). The van der Waals surface area contributed by atoms with E-state index in [0.717, 1.165) is 0 Å². The van der Waals surface area contributed by atoms with E-state index < -0.39 is 18.5 Å². The van der Waals surface area contributed by atoms with Crippen molar-refractivity contribution in [2.75, 3.05) is 11.9 Å². The molecule has 0 spiro atoms. The van der Waals surface area contributed by atoms with Crippen LogP contribution in [0.3, 0.4) is 0 Å². The SMILES string of the molecule is O=C(COC(=O)c1cc(-c2ccc(F)cc2)nc2ccccc12)Nc1cccnc1Cl. The van der Waals surface area contributed by atoms with Crippen LogP contribution in [0.5, 0.6) is 0 Å². The summed E-state index contributed by atoms with van der Waals surface area (Å²) < 4.78 is 18.5. The van der Waals surface area contributed by atoms with E-state index in [1.54, 1.807) is 54.6 Å². The van der Waals surface area contributed by atoms with E-state index in [4.69, 9.17) is 16.3 Å². The average molecular weight is 436 g/mol. The second-order valence-corrected chi connectivity index (χ2v) is 6.90. The van der Waals surface area contributed by atoms with E-state index in [1.807, 2.05) is 0 Å². The third-order valence-corrected chi connectivity index (χ3v) is 4.74. The molecule has 2 aromatic heterocycles. The summed E-state index contributed by atoms with van der Waals surface area (Å²) in [5, 5.41) is 3.25. The van der Waals surface area contributed by atoms with E-state index in [0.29, 0.717) is 27.8 Å². The zero-order valence-electron chi connectivity index (χ0n) is 16.0. The summed E-state index contributed by atoms with van der Waals surface area (Å²) in [5.74, 6) is -1.61. The number of amides is 1. The van der Waals surface area contributed by atoms with Crippen LogP contribution in [0.1, 0.15) is 10.4 Å². The molecule has 0 aliphatic carbocycles. The van der Waals surface area contributed by atoms with Crippen LogP contribution in [0, 0.1) is 5.82 Å². The van der Waals surface area contributed by atoms with Gasteiger partial charge in [0.15, 0.2) is 11.8 Å². The molecule has 31 heavy (non-hydrogen) atoms. The van der Waals surface area contributed by atoms with Crippen molar-refractivity contribution in [1.29, 1.82) is 0 Å². The number of fused-ring (bicyclic) bond motifs is 1. The Balaban J connectivity index is 1.57. The van der Waals surface area contributed by atoms with Crippen LogP contribution < -0.4 is 5.32 Å². The fourth-order valence-corrected chi connectivity index (χ4v) is 3.15. The predicted octanol–water partition coefficient (Wildman–Crippen LogP) is 4.88. The van der Waals surface area contributed by atoms with Gasteiger partial charge in [-0.2, -0.15) is 0 Å². The fraction of sp³-hybridized carbons (Fsp3) is 0.0435. The highest BCUT2D eigenvalue weighted by Gasteiger charge is 2.17. The monoisotopic (exact) mass is 435 g/mol. The molecular weight excluding hydrogens is 421 g/mol. The van der Waals surface area contributed by atoms with Crippen molar-refractivity contribution < 1.29 is 18.7 Å². The molecule has 0 fully saturated rings. The zero-order chi connectivity index (χ0) is 21.8. The van der Waals surface area contributed by atoms with Gasteiger partial charge in [-0.05, 0) is 48.5 Å². The summed E-state index contributed by atoms with van der Waals surface area (Å²) in [6.45, 7) is -0.507. The summed E-state index contributed by atoms with van der Waals surface area (Å²) in [4.78, 5) is 33.4. The molecule has 0 unspecified atom stereocenters. The molecule has 4 rings (SSSR count). The van der Waals surface area contributed by atoms with E-state index in [1.165, 1.54) is 18.3 Å². The van der Waals surface area contributed by atoms with Crippen molar-refractivity contribution >= 4 is 40.1 Å². The Morgan fingerprint density at radius 2 is 1.81 bits per heavy atom. The molecule has 1 N–H and O–H groups in total. The van der Waals surface area contributed by atoms with Gasteiger partial charge in [0.05, 0.1) is 22.5 Å². The lowest BCUT2D eigenvalue weighted by atomic mass is 10.0. The quantitative estimate of drug-likeness (QED) is 0.357. The molecule has 0 bridgehead atoms. The molecule has 0 aliphatic heterocycles. The number of halogens is 2. The number of nitrogens with zero attached hydrogens (tertiary/aromatic N) is 2. The molecular formula is C23H15ClFN3O3. The summed E-state index contributed by atoms with van der Waals surface area (Å²) in [6, 6.07) is 17.6. The third kappa shape index (κ3) is 4.67. The predicted molar refractivity (Wildman–Crippen MR) is 115 cm³/mol. The first-order valence-electron chi connectivity index (χ1n) is 9.24.